The third kappa shape index (κ3) is 3.15. The molecule has 0 fully saturated rings. The fourth-order valence-corrected chi connectivity index (χ4v) is 3.38. The van der Waals surface area contributed by atoms with Crippen LogP contribution in [0.3, 0.4) is 0 Å². The predicted octanol–water partition coefficient (Wildman–Crippen LogP) is 3.00. The number of fused-ring (bicyclic) bond motifs is 1. The van der Waals surface area contributed by atoms with E-state index < -0.39 is 21.9 Å². The second-order valence-electron chi connectivity index (χ2n) is 5.14. The number of hydrogen-bond donors (Lipinski definition) is 2. The number of benzene rings is 2. The van der Waals surface area contributed by atoms with Gasteiger partial charge in [-0.3, -0.25) is 9.52 Å². The number of hydrogen-bond acceptors (Lipinski definition) is 4. The van der Waals surface area contributed by atoms with Gasteiger partial charge in [-0.05, 0) is 43.3 Å². The second kappa shape index (κ2) is 5.95. The average molecular weight is 371 g/mol. The van der Waals surface area contributed by atoms with Crippen LogP contribution in [0.15, 0.2) is 41.3 Å². The first kappa shape index (κ1) is 16.5. The van der Waals surface area contributed by atoms with Crippen molar-refractivity contribution in [2.24, 2.45) is 0 Å². The van der Waals surface area contributed by atoms with Crippen molar-refractivity contribution in [3.8, 4) is 5.75 Å². The molecule has 0 aromatic heterocycles. The van der Waals surface area contributed by atoms with Crippen molar-refractivity contribution in [3.05, 3.63) is 47.2 Å². The molecule has 126 valence electrons. The Kier molecular flexibility index (Phi) is 4.10. The van der Waals surface area contributed by atoms with E-state index in [1.54, 1.807) is 6.92 Å². The molecule has 9 heteroatoms. The van der Waals surface area contributed by atoms with Gasteiger partial charge in [-0.15, -0.1) is 0 Å². The lowest BCUT2D eigenvalue weighted by molar-refractivity contribution is -0.122. The Morgan fingerprint density at radius 3 is 2.71 bits per heavy atom. The summed E-state index contributed by atoms with van der Waals surface area (Å²) in [6.45, 7) is 1.59. The van der Waals surface area contributed by atoms with Gasteiger partial charge < -0.3 is 10.1 Å². The number of halogens is 2. The minimum absolute atomic E-state index is 0.0832. The van der Waals surface area contributed by atoms with Crippen molar-refractivity contribution in [2.75, 3.05) is 10.0 Å². The number of ether oxygens (including phenoxy) is 1. The lowest BCUT2D eigenvalue weighted by Gasteiger charge is -2.23. The zero-order chi connectivity index (χ0) is 17.5. The topological polar surface area (TPSA) is 84.5 Å². The van der Waals surface area contributed by atoms with Crippen LogP contribution in [-0.4, -0.2) is 20.4 Å². The van der Waals surface area contributed by atoms with Gasteiger partial charge in [0.25, 0.3) is 15.9 Å². The van der Waals surface area contributed by atoms with Gasteiger partial charge in [0.2, 0.25) is 0 Å². The van der Waals surface area contributed by atoms with Crippen LogP contribution in [0.4, 0.5) is 15.8 Å². The summed E-state index contributed by atoms with van der Waals surface area (Å²) in [6, 6.07) is 7.56. The number of nitrogens with one attached hydrogen (secondary N) is 2. The first-order chi connectivity index (χ1) is 11.3. The molecule has 3 rings (SSSR count). The molecule has 0 saturated carbocycles. The van der Waals surface area contributed by atoms with Gasteiger partial charge in [-0.25, -0.2) is 12.8 Å². The van der Waals surface area contributed by atoms with Gasteiger partial charge in [0.15, 0.2) is 6.10 Å². The normalized spacial score (nSPS) is 16.8. The predicted molar refractivity (Wildman–Crippen MR) is 87.4 cm³/mol. The van der Waals surface area contributed by atoms with Crippen molar-refractivity contribution in [2.45, 2.75) is 17.9 Å². The number of carbonyl (C=O) groups is 1. The van der Waals surface area contributed by atoms with Gasteiger partial charge >= 0.3 is 0 Å². The molecule has 0 saturated heterocycles. The van der Waals surface area contributed by atoms with E-state index in [9.17, 15) is 17.6 Å². The number of carbonyl (C=O) groups excluding carboxylic acids is 1. The Labute approximate surface area is 142 Å². The summed E-state index contributed by atoms with van der Waals surface area (Å²) in [7, 11) is -3.95. The van der Waals surface area contributed by atoms with E-state index >= 15 is 0 Å². The smallest absolute Gasteiger partial charge is 0.265 e. The standard InChI is InChI=1S/C15H12ClFN2O4S/c1-8-15(20)18-13-7-10(3-5-14(13)23-8)24(21,22)19-9-2-4-12(17)11(16)6-9/h2-8,19H,1H3,(H,18,20). The van der Waals surface area contributed by atoms with Gasteiger partial charge in [0.1, 0.15) is 11.6 Å². The molecular formula is C15H12ClFN2O4S. The number of amides is 1. The van der Waals surface area contributed by atoms with E-state index in [2.05, 4.69) is 10.0 Å². The molecule has 1 atom stereocenters. The van der Waals surface area contributed by atoms with Gasteiger partial charge in [-0.1, -0.05) is 11.6 Å². The van der Waals surface area contributed by atoms with Crippen LogP contribution in [-0.2, 0) is 14.8 Å². The third-order valence-electron chi connectivity index (χ3n) is 3.36. The molecule has 1 aliphatic heterocycles. The highest BCUT2D eigenvalue weighted by molar-refractivity contribution is 7.92. The highest BCUT2D eigenvalue weighted by atomic mass is 35.5. The molecule has 1 unspecified atom stereocenters. The van der Waals surface area contributed by atoms with Crippen molar-refractivity contribution < 1.29 is 22.3 Å². The number of rotatable bonds is 3. The van der Waals surface area contributed by atoms with E-state index in [-0.39, 0.29) is 27.2 Å². The minimum Gasteiger partial charge on any atom is -0.479 e. The summed E-state index contributed by atoms with van der Waals surface area (Å²) in [4.78, 5) is 11.5. The van der Waals surface area contributed by atoms with E-state index in [1.807, 2.05) is 0 Å². The molecular weight excluding hydrogens is 359 g/mol. The summed E-state index contributed by atoms with van der Waals surface area (Å²) in [5.74, 6) is -0.636. The Morgan fingerprint density at radius 1 is 1.25 bits per heavy atom. The molecule has 2 aromatic rings. The Balaban J connectivity index is 1.91. The zero-order valence-corrected chi connectivity index (χ0v) is 13.9. The van der Waals surface area contributed by atoms with Crippen molar-refractivity contribution >= 4 is 38.9 Å². The van der Waals surface area contributed by atoms with Crippen molar-refractivity contribution in [1.82, 2.24) is 0 Å². The van der Waals surface area contributed by atoms with E-state index in [0.717, 1.165) is 6.07 Å². The Bertz CT molecular complexity index is 933. The summed E-state index contributed by atoms with van der Waals surface area (Å²) in [5, 5.41) is 2.38. The SMILES string of the molecule is CC1Oc2ccc(S(=O)(=O)Nc3ccc(F)c(Cl)c3)cc2NC1=O. The van der Waals surface area contributed by atoms with Crippen LogP contribution in [0.2, 0.25) is 5.02 Å². The maximum absolute atomic E-state index is 13.1. The van der Waals surface area contributed by atoms with Crippen LogP contribution in [0.1, 0.15) is 6.92 Å². The van der Waals surface area contributed by atoms with Gasteiger partial charge in [0, 0.05) is 0 Å². The molecule has 0 aliphatic carbocycles. The van der Waals surface area contributed by atoms with Crippen molar-refractivity contribution in [3.63, 3.8) is 0 Å². The van der Waals surface area contributed by atoms with Crippen LogP contribution in [0, 0.1) is 5.82 Å². The fraction of sp³-hybridized carbons (Fsp3) is 0.133. The average Bonchev–Trinajstić information content (AvgIpc) is 2.51. The first-order valence-corrected chi connectivity index (χ1v) is 8.72. The summed E-state index contributed by atoms with van der Waals surface area (Å²) < 4.78 is 45.7. The molecule has 6 nitrogen and oxygen atoms in total. The maximum Gasteiger partial charge on any atom is 0.265 e. The number of anilines is 2. The van der Waals surface area contributed by atoms with E-state index in [1.165, 1.54) is 30.3 Å². The van der Waals surface area contributed by atoms with Crippen molar-refractivity contribution in [1.29, 1.82) is 0 Å². The second-order valence-corrected chi connectivity index (χ2v) is 7.23. The molecule has 0 spiro atoms. The third-order valence-corrected chi connectivity index (χ3v) is 5.03. The Hall–Kier alpha value is -2.32. The highest BCUT2D eigenvalue weighted by Crippen LogP contribution is 2.32. The lowest BCUT2D eigenvalue weighted by Crippen LogP contribution is -2.34. The highest BCUT2D eigenvalue weighted by Gasteiger charge is 2.25. The van der Waals surface area contributed by atoms with Crippen LogP contribution in [0.5, 0.6) is 5.75 Å². The summed E-state index contributed by atoms with van der Waals surface area (Å²) in [5.41, 5.74) is 0.381. The van der Waals surface area contributed by atoms with Crippen LogP contribution < -0.4 is 14.8 Å². The molecule has 1 aliphatic rings. The zero-order valence-electron chi connectivity index (χ0n) is 12.3. The first-order valence-electron chi connectivity index (χ1n) is 6.86. The fourth-order valence-electron chi connectivity index (χ4n) is 2.13. The lowest BCUT2D eigenvalue weighted by atomic mass is 10.2. The molecule has 0 bridgehead atoms. The van der Waals surface area contributed by atoms with E-state index in [0.29, 0.717) is 5.75 Å². The largest absolute Gasteiger partial charge is 0.479 e. The quantitative estimate of drug-likeness (QED) is 0.869. The maximum atomic E-state index is 13.1. The number of sulfonamides is 1. The molecule has 2 N–H and O–H groups in total. The van der Waals surface area contributed by atoms with E-state index in [4.69, 9.17) is 16.3 Å². The summed E-state index contributed by atoms with van der Waals surface area (Å²) >= 11 is 5.64. The Morgan fingerprint density at radius 2 is 2.00 bits per heavy atom. The van der Waals surface area contributed by atoms with Gasteiger partial charge in [-0.2, -0.15) is 0 Å². The molecule has 1 heterocycles. The summed E-state index contributed by atoms with van der Waals surface area (Å²) in [6.07, 6.45) is -0.653. The molecule has 1 amide bonds. The molecule has 0 radical (unpaired) electrons. The van der Waals surface area contributed by atoms with Gasteiger partial charge in [0.05, 0.1) is 21.3 Å². The van der Waals surface area contributed by atoms with Crippen LogP contribution in [0.25, 0.3) is 0 Å². The minimum atomic E-state index is -3.95. The molecule has 24 heavy (non-hydrogen) atoms. The van der Waals surface area contributed by atoms with Crippen LogP contribution >= 0.6 is 11.6 Å². The monoisotopic (exact) mass is 370 g/mol. The molecule has 2 aromatic carbocycles.